The van der Waals surface area contributed by atoms with Gasteiger partial charge in [-0.1, -0.05) is 38.5 Å². The highest BCUT2D eigenvalue weighted by molar-refractivity contribution is 5.85. The molecule has 1 amide bonds. The molecule has 1 saturated heterocycles. The van der Waals surface area contributed by atoms with E-state index in [0.29, 0.717) is 24.3 Å². The second kappa shape index (κ2) is 9.04. The van der Waals surface area contributed by atoms with E-state index in [2.05, 4.69) is 18.7 Å². The number of hydrogen-bond donors (Lipinski definition) is 1. The van der Waals surface area contributed by atoms with Crippen molar-refractivity contribution in [1.82, 2.24) is 4.90 Å². The highest BCUT2D eigenvalue weighted by atomic mass is 35.5. The maximum absolute atomic E-state index is 12.6. The standard InChI is InChI=1S/C18H28N2O.ClH/c1-3-7-17-14(2)8-6-13-20(17)18(21)12-11-15-9-4-5-10-16(15)19;/h4-5,9-10,14,17H,3,6-8,11-13,19H2,1-2H3;1H. The summed E-state index contributed by atoms with van der Waals surface area (Å²) in [5.74, 6) is 0.924. The van der Waals surface area contributed by atoms with Crippen LogP contribution in [0.5, 0.6) is 0 Å². The van der Waals surface area contributed by atoms with Crippen molar-refractivity contribution in [2.45, 2.75) is 58.4 Å². The summed E-state index contributed by atoms with van der Waals surface area (Å²) in [5.41, 5.74) is 7.84. The first-order chi connectivity index (χ1) is 10.1. The van der Waals surface area contributed by atoms with Gasteiger partial charge in [0.15, 0.2) is 0 Å². The molecule has 2 rings (SSSR count). The van der Waals surface area contributed by atoms with Gasteiger partial charge in [0, 0.05) is 24.7 Å². The Morgan fingerprint density at radius 1 is 1.36 bits per heavy atom. The van der Waals surface area contributed by atoms with Gasteiger partial charge in [-0.2, -0.15) is 0 Å². The fraction of sp³-hybridized carbons (Fsp3) is 0.611. The fourth-order valence-corrected chi connectivity index (χ4v) is 3.44. The average Bonchev–Trinajstić information content (AvgIpc) is 2.48. The molecule has 1 aromatic rings. The van der Waals surface area contributed by atoms with Crippen LogP contribution in [0.3, 0.4) is 0 Å². The number of rotatable bonds is 5. The fourth-order valence-electron chi connectivity index (χ4n) is 3.44. The number of carbonyl (C=O) groups is 1. The minimum atomic E-state index is 0. The normalized spacial score (nSPS) is 21.3. The molecule has 2 unspecified atom stereocenters. The lowest BCUT2D eigenvalue weighted by molar-refractivity contribution is -0.136. The van der Waals surface area contributed by atoms with E-state index in [1.807, 2.05) is 24.3 Å². The Labute approximate surface area is 140 Å². The van der Waals surface area contributed by atoms with E-state index in [1.54, 1.807) is 0 Å². The molecule has 0 aromatic heterocycles. The van der Waals surface area contributed by atoms with Crippen LogP contribution in [-0.2, 0) is 11.2 Å². The summed E-state index contributed by atoms with van der Waals surface area (Å²) >= 11 is 0. The van der Waals surface area contributed by atoms with Gasteiger partial charge in [0.1, 0.15) is 0 Å². The van der Waals surface area contributed by atoms with Crippen LogP contribution in [0.25, 0.3) is 0 Å². The Balaban J connectivity index is 0.00000242. The van der Waals surface area contributed by atoms with Crippen LogP contribution in [0, 0.1) is 5.92 Å². The third-order valence-electron chi connectivity index (χ3n) is 4.68. The third kappa shape index (κ3) is 4.64. The van der Waals surface area contributed by atoms with Gasteiger partial charge >= 0.3 is 0 Å². The summed E-state index contributed by atoms with van der Waals surface area (Å²) in [6.45, 7) is 5.42. The van der Waals surface area contributed by atoms with Crippen molar-refractivity contribution in [2.75, 3.05) is 12.3 Å². The second-order valence-electron chi connectivity index (χ2n) is 6.26. The second-order valence-corrected chi connectivity index (χ2v) is 6.26. The van der Waals surface area contributed by atoms with Gasteiger partial charge in [-0.15, -0.1) is 12.4 Å². The van der Waals surface area contributed by atoms with E-state index >= 15 is 0 Å². The van der Waals surface area contributed by atoms with E-state index in [9.17, 15) is 4.79 Å². The van der Waals surface area contributed by atoms with Crippen LogP contribution in [-0.4, -0.2) is 23.4 Å². The number of amides is 1. The molecule has 0 aliphatic carbocycles. The maximum atomic E-state index is 12.6. The number of benzene rings is 1. The quantitative estimate of drug-likeness (QED) is 0.830. The molecule has 4 heteroatoms. The molecule has 0 bridgehead atoms. The van der Waals surface area contributed by atoms with Gasteiger partial charge < -0.3 is 10.6 Å². The first-order valence-electron chi connectivity index (χ1n) is 8.26. The van der Waals surface area contributed by atoms with Crippen molar-refractivity contribution >= 4 is 24.0 Å². The number of halogens is 1. The molecule has 3 nitrogen and oxygen atoms in total. The number of para-hydroxylation sites is 1. The number of likely N-dealkylation sites (tertiary alicyclic amines) is 1. The minimum absolute atomic E-state index is 0. The molecule has 124 valence electrons. The van der Waals surface area contributed by atoms with E-state index in [0.717, 1.165) is 43.5 Å². The molecule has 0 spiro atoms. The van der Waals surface area contributed by atoms with Crippen molar-refractivity contribution < 1.29 is 4.79 Å². The van der Waals surface area contributed by atoms with Crippen LogP contribution < -0.4 is 5.73 Å². The van der Waals surface area contributed by atoms with Gasteiger partial charge in [0.25, 0.3) is 0 Å². The van der Waals surface area contributed by atoms with E-state index < -0.39 is 0 Å². The first kappa shape index (κ1) is 18.8. The molecular weight excluding hydrogens is 296 g/mol. The summed E-state index contributed by atoms with van der Waals surface area (Å²) in [4.78, 5) is 14.7. The van der Waals surface area contributed by atoms with Crippen LogP contribution in [0.15, 0.2) is 24.3 Å². The van der Waals surface area contributed by atoms with Crippen molar-refractivity contribution in [2.24, 2.45) is 5.92 Å². The van der Waals surface area contributed by atoms with Crippen molar-refractivity contribution in [3.8, 4) is 0 Å². The highest BCUT2D eigenvalue weighted by Gasteiger charge is 2.30. The predicted octanol–water partition coefficient (Wildman–Crippen LogP) is 4.05. The Morgan fingerprint density at radius 2 is 2.09 bits per heavy atom. The SMILES string of the molecule is CCCC1C(C)CCCN1C(=O)CCc1ccccc1N.Cl. The monoisotopic (exact) mass is 324 g/mol. The lowest BCUT2D eigenvalue weighted by Crippen LogP contribution is -2.47. The number of carbonyl (C=O) groups excluding carboxylic acids is 1. The number of nitrogens with zero attached hydrogens (tertiary/aromatic N) is 1. The zero-order chi connectivity index (χ0) is 15.2. The smallest absolute Gasteiger partial charge is 0.223 e. The number of hydrogen-bond acceptors (Lipinski definition) is 2. The lowest BCUT2D eigenvalue weighted by Gasteiger charge is -2.40. The minimum Gasteiger partial charge on any atom is -0.399 e. The van der Waals surface area contributed by atoms with E-state index in [-0.39, 0.29) is 12.4 Å². The number of piperidine rings is 1. The Kier molecular flexibility index (Phi) is 7.74. The van der Waals surface area contributed by atoms with E-state index in [4.69, 9.17) is 5.73 Å². The molecule has 2 N–H and O–H groups in total. The Morgan fingerprint density at radius 3 is 2.77 bits per heavy atom. The zero-order valence-electron chi connectivity index (χ0n) is 13.8. The molecule has 0 saturated carbocycles. The number of nitrogens with two attached hydrogens (primary N) is 1. The lowest BCUT2D eigenvalue weighted by atomic mass is 9.87. The largest absolute Gasteiger partial charge is 0.399 e. The van der Waals surface area contributed by atoms with Crippen molar-refractivity contribution in [3.05, 3.63) is 29.8 Å². The molecule has 2 atom stereocenters. The molecule has 1 fully saturated rings. The molecule has 1 aliphatic rings. The third-order valence-corrected chi connectivity index (χ3v) is 4.68. The summed E-state index contributed by atoms with van der Waals surface area (Å²) < 4.78 is 0. The molecule has 1 heterocycles. The van der Waals surface area contributed by atoms with Crippen LogP contribution in [0.1, 0.15) is 51.5 Å². The molecular formula is C18H29ClN2O. The van der Waals surface area contributed by atoms with Gasteiger partial charge in [-0.05, 0) is 43.2 Å². The number of anilines is 1. The summed E-state index contributed by atoms with van der Waals surface area (Å²) in [6, 6.07) is 8.28. The predicted molar refractivity (Wildman–Crippen MR) is 95.2 cm³/mol. The van der Waals surface area contributed by atoms with Gasteiger partial charge in [-0.25, -0.2) is 0 Å². The van der Waals surface area contributed by atoms with Gasteiger partial charge in [0.05, 0.1) is 0 Å². The van der Waals surface area contributed by atoms with Crippen molar-refractivity contribution in [3.63, 3.8) is 0 Å². The van der Waals surface area contributed by atoms with Gasteiger partial charge in [0.2, 0.25) is 5.91 Å². The molecule has 0 radical (unpaired) electrons. The summed E-state index contributed by atoms with van der Waals surface area (Å²) in [7, 11) is 0. The first-order valence-corrected chi connectivity index (χ1v) is 8.26. The van der Waals surface area contributed by atoms with Crippen LogP contribution in [0.2, 0.25) is 0 Å². The van der Waals surface area contributed by atoms with Crippen molar-refractivity contribution in [1.29, 1.82) is 0 Å². The van der Waals surface area contributed by atoms with Gasteiger partial charge in [-0.3, -0.25) is 4.79 Å². The average molecular weight is 325 g/mol. The van der Waals surface area contributed by atoms with Crippen LogP contribution in [0.4, 0.5) is 5.69 Å². The Bertz CT molecular complexity index is 478. The zero-order valence-corrected chi connectivity index (χ0v) is 14.6. The topological polar surface area (TPSA) is 46.3 Å². The highest BCUT2D eigenvalue weighted by Crippen LogP contribution is 2.27. The summed E-state index contributed by atoms with van der Waals surface area (Å²) in [5, 5.41) is 0. The van der Waals surface area contributed by atoms with Crippen LogP contribution >= 0.6 is 12.4 Å². The van der Waals surface area contributed by atoms with E-state index in [1.165, 1.54) is 6.42 Å². The molecule has 1 aliphatic heterocycles. The maximum Gasteiger partial charge on any atom is 0.223 e. The number of aryl methyl sites for hydroxylation is 1. The molecule has 22 heavy (non-hydrogen) atoms. The summed E-state index contributed by atoms with van der Waals surface area (Å²) in [6.07, 6.45) is 5.97. The number of nitrogen functional groups attached to an aromatic ring is 1. The molecule has 1 aromatic carbocycles. The Hall–Kier alpha value is -1.22.